The zero-order chi connectivity index (χ0) is 25.8. The minimum Gasteiger partial charge on any atom is -0.448 e. The summed E-state index contributed by atoms with van der Waals surface area (Å²) in [5, 5.41) is 4.34. The molecule has 0 aliphatic carbocycles. The molecular formula is C25H29Br2N3O6. The second-order valence-electron chi connectivity index (χ2n) is 7.94. The SMILES string of the molecule is BrCc1ccccc1CBr.O=C1NCCO1.O=C1OCCN1Cc1ccccc1CN1CCOC1=O. The third kappa shape index (κ3) is 8.41. The predicted octanol–water partition coefficient (Wildman–Crippen LogP) is 4.79. The van der Waals surface area contributed by atoms with Crippen LogP contribution in [0.3, 0.4) is 0 Å². The first-order valence-electron chi connectivity index (χ1n) is 11.5. The molecule has 2 aromatic carbocycles. The fourth-order valence-electron chi connectivity index (χ4n) is 3.58. The molecule has 3 amide bonds. The molecule has 0 radical (unpaired) electrons. The van der Waals surface area contributed by atoms with Crippen molar-refractivity contribution in [2.24, 2.45) is 0 Å². The number of carbonyl (C=O) groups is 3. The maximum Gasteiger partial charge on any atom is 0.410 e. The normalized spacial score (nSPS) is 16.2. The molecule has 3 saturated heterocycles. The Morgan fingerprint density at radius 3 is 1.39 bits per heavy atom. The van der Waals surface area contributed by atoms with Crippen molar-refractivity contribution >= 4 is 50.1 Å². The summed E-state index contributed by atoms with van der Waals surface area (Å²) in [6, 6.07) is 16.2. The number of hydrogen-bond acceptors (Lipinski definition) is 6. The molecule has 0 bridgehead atoms. The van der Waals surface area contributed by atoms with E-state index in [1.54, 1.807) is 9.80 Å². The van der Waals surface area contributed by atoms with Crippen LogP contribution in [0.4, 0.5) is 14.4 Å². The summed E-state index contributed by atoms with van der Waals surface area (Å²) < 4.78 is 14.3. The van der Waals surface area contributed by atoms with Crippen LogP contribution in [0.1, 0.15) is 22.3 Å². The van der Waals surface area contributed by atoms with E-state index in [-0.39, 0.29) is 18.3 Å². The van der Waals surface area contributed by atoms with E-state index >= 15 is 0 Å². The number of benzene rings is 2. The van der Waals surface area contributed by atoms with E-state index < -0.39 is 0 Å². The highest BCUT2D eigenvalue weighted by Gasteiger charge is 2.25. The van der Waals surface area contributed by atoms with Crippen molar-refractivity contribution in [3.63, 3.8) is 0 Å². The summed E-state index contributed by atoms with van der Waals surface area (Å²) in [5.41, 5.74) is 4.79. The molecule has 11 heteroatoms. The van der Waals surface area contributed by atoms with Gasteiger partial charge in [-0.2, -0.15) is 0 Å². The largest absolute Gasteiger partial charge is 0.448 e. The van der Waals surface area contributed by atoms with E-state index in [1.807, 2.05) is 24.3 Å². The smallest absolute Gasteiger partial charge is 0.410 e. The Balaban J connectivity index is 0.000000186. The zero-order valence-corrected chi connectivity index (χ0v) is 23.0. The number of cyclic esters (lactones) is 3. The molecular weight excluding hydrogens is 598 g/mol. The zero-order valence-electron chi connectivity index (χ0n) is 19.8. The number of alkyl halides is 2. The molecule has 9 nitrogen and oxygen atoms in total. The van der Waals surface area contributed by atoms with Gasteiger partial charge in [0.25, 0.3) is 0 Å². The molecule has 0 saturated carbocycles. The van der Waals surface area contributed by atoms with Crippen LogP contribution >= 0.6 is 31.9 Å². The molecule has 3 heterocycles. The van der Waals surface area contributed by atoms with Crippen LogP contribution in [0.5, 0.6) is 0 Å². The van der Waals surface area contributed by atoms with Gasteiger partial charge in [-0.25, -0.2) is 14.4 Å². The lowest BCUT2D eigenvalue weighted by atomic mass is 10.1. The van der Waals surface area contributed by atoms with E-state index in [0.717, 1.165) is 21.8 Å². The molecule has 0 spiro atoms. The maximum atomic E-state index is 11.5. The predicted molar refractivity (Wildman–Crippen MR) is 141 cm³/mol. The Morgan fingerprint density at radius 1 is 0.667 bits per heavy atom. The lowest BCUT2D eigenvalue weighted by Gasteiger charge is -2.18. The quantitative estimate of drug-likeness (QED) is 0.366. The van der Waals surface area contributed by atoms with Crippen LogP contribution in [0.25, 0.3) is 0 Å². The number of hydrogen-bond donors (Lipinski definition) is 1. The van der Waals surface area contributed by atoms with Crippen molar-refractivity contribution < 1.29 is 28.6 Å². The molecule has 0 unspecified atom stereocenters. The van der Waals surface area contributed by atoms with Crippen molar-refractivity contribution in [1.29, 1.82) is 0 Å². The van der Waals surface area contributed by atoms with E-state index in [1.165, 1.54) is 11.1 Å². The average molecular weight is 627 g/mol. The van der Waals surface area contributed by atoms with Crippen molar-refractivity contribution in [3.8, 4) is 0 Å². The topological polar surface area (TPSA) is 97.4 Å². The number of halogens is 2. The van der Waals surface area contributed by atoms with Gasteiger partial charge in [0.15, 0.2) is 0 Å². The lowest BCUT2D eigenvalue weighted by molar-refractivity contribution is 0.155. The molecule has 194 valence electrons. The van der Waals surface area contributed by atoms with Crippen molar-refractivity contribution in [1.82, 2.24) is 15.1 Å². The Hall–Kier alpha value is -2.79. The van der Waals surface area contributed by atoms with Gasteiger partial charge >= 0.3 is 18.3 Å². The van der Waals surface area contributed by atoms with Gasteiger partial charge in [0, 0.05) is 23.7 Å². The van der Waals surface area contributed by atoms with Gasteiger partial charge in [-0.15, -0.1) is 0 Å². The fraction of sp³-hybridized carbons (Fsp3) is 0.400. The molecule has 0 aromatic heterocycles. The third-order valence-electron chi connectivity index (χ3n) is 5.54. The summed E-state index contributed by atoms with van der Waals surface area (Å²) in [5.74, 6) is 0. The molecule has 36 heavy (non-hydrogen) atoms. The summed E-state index contributed by atoms with van der Waals surface area (Å²) in [7, 11) is 0. The van der Waals surface area contributed by atoms with Crippen molar-refractivity contribution in [2.45, 2.75) is 23.7 Å². The number of rotatable bonds is 6. The molecule has 1 N–H and O–H groups in total. The Morgan fingerprint density at radius 2 is 1.11 bits per heavy atom. The van der Waals surface area contributed by atoms with Crippen LogP contribution in [0, 0.1) is 0 Å². The first-order valence-corrected chi connectivity index (χ1v) is 13.8. The number of ether oxygens (including phenoxy) is 3. The monoisotopic (exact) mass is 625 g/mol. The third-order valence-corrected chi connectivity index (χ3v) is 6.75. The number of nitrogens with zero attached hydrogens (tertiary/aromatic N) is 2. The van der Waals surface area contributed by atoms with Gasteiger partial charge in [0.1, 0.15) is 19.8 Å². The van der Waals surface area contributed by atoms with E-state index in [9.17, 15) is 14.4 Å². The second-order valence-corrected chi connectivity index (χ2v) is 9.06. The van der Waals surface area contributed by atoms with Gasteiger partial charge in [-0.3, -0.25) is 0 Å². The molecule has 5 rings (SSSR count). The lowest BCUT2D eigenvalue weighted by Crippen LogP contribution is -2.27. The Bertz CT molecular complexity index is 960. The summed E-state index contributed by atoms with van der Waals surface area (Å²) in [6.45, 7) is 4.32. The second kappa shape index (κ2) is 14.7. The fourth-order valence-corrected chi connectivity index (χ4v) is 4.68. The highest BCUT2D eigenvalue weighted by atomic mass is 79.9. The van der Waals surface area contributed by atoms with E-state index in [0.29, 0.717) is 52.5 Å². The van der Waals surface area contributed by atoms with Crippen LogP contribution < -0.4 is 5.32 Å². The number of nitrogens with one attached hydrogen (secondary N) is 1. The van der Waals surface area contributed by atoms with Crippen molar-refractivity contribution in [2.75, 3.05) is 39.5 Å². The molecule has 3 aliphatic heterocycles. The number of carbonyl (C=O) groups excluding carboxylic acids is 3. The van der Waals surface area contributed by atoms with Crippen LogP contribution in [-0.4, -0.2) is 67.5 Å². The standard InChI is InChI=1S/C14H16N2O4.C8H8Br2.C3H5NO2/c17-13-15(5-7-19-13)9-11-3-1-2-4-12(11)10-16-6-8-20-14(16)18;9-5-7-3-1-2-4-8(7)6-10;5-3-4-1-2-6-3/h1-4H,5-10H2;1-4H,5-6H2;1-2H2,(H,4,5). The molecule has 2 aromatic rings. The minimum atomic E-state index is -0.296. The first kappa shape index (κ1) is 27.8. The Labute approximate surface area is 227 Å². The van der Waals surface area contributed by atoms with Gasteiger partial charge in [-0.05, 0) is 22.3 Å². The minimum absolute atomic E-state index is 0.277. The highest BCUT2D eigenvalue weighted by Crippen LogP contribution is 2.18. The van der Waals surface area contributed by atoms with Crippen LogP contribution in [0.15, 0.2) is 48.5 Å². The van der Waals surface area contributed by atoms with Crippen LogP contribution in [0.2, 0.25) is 0 Å². The molecule has 3 fully saturated rings. The Kier molecular flexibility index (Phi) is 11.3. The first-order chi connectivity index (χ1) is 17.5. The van der Waals surface area contributed by atoms with Gasteiger partial charge in [-0.1, -0.05) is 80.4 Å². The average Bonchev–Trinajstić information content (AvgIpc) is 3.65. The van der Waals surface area contributed by atoms with E-state index in [2.05, 4.69) is 66.2 Å². The highest BCUT2D eigenvalue weighted by molar-refractivity contribution is 9.09. The van der Waals surface area contributed by atoms with Gasteiger partial charge in [0.2, 0.25) is 0 Å². The summed E-state index contributed by atoms with van der Waals surface area (Å²) in [6.07, 6.45) is -0.851. The maximum absolute atomic E-state index is 11.5. The van der Waals surface area contributed by atoms with Gasteiger partial charge < -0.3 is 29.3 Å². The summed E-state index contributed by atoms with van der Waals surface area (Å²) >= 11 is 6.86. The van der Waals surface area contributed by atoms with Gasteiger partial charge in [0.05, 0.1) is 19.6 Å². The summed E-state index contributed by atoms with van der Waals surface area (Å²) in [4.78, 5) is 36.3. The van der Waals surface area contributed by atoms with Crippen molar-refractivity contribution in [3.05, 3.63) is 70.8 Å². The molecule has 0 atom stereocenters. The van der Waals surface area contributed by atoms with E-state index in [4.69, 9.17) is 9.47 Å². The van der Waals surface area contributed by atoms with Crippen LogP contribution in [-0.2, 0) is 38.0 Å². The number of amides is 3. The number of alkyl carbamates (subject to hydrolysis) is 1. The molecule has 3 aliphatic rings.